The third kappa shape index (κ3) is 5.87. The molecule has 0 spiro atoms. The van der Waals surface area contributed by atoms with E-state index < -0.39 is 5.97 Å². The van der Waals surface area contributed by atoms with Crippen molar-refractivity contribution in [3.05, 3.63) is 48.0 Å². The molecule has 1 fully saturated rings. The van der Waals surface area contributed by atoms with Crippen molar-refractivity contribution in [2.45, 2.75) is 58.4 Å². The van der Waals surface area contributed by atoms with E-state index in [9.17, 15) is 9.90 Å². The number of nitrogens with one attached hydrogen (secondary N) is 2. The van der Waals surface area contributed by atoms with E-state index in [0.29, 0.717) is 30.5 Å². The minimum Gasteiger partial charge on any atom is -0.478 e. The molecule has 0 unspecified atom stereocenters. The van der Waals surface area contributed by atoms with E-state index in [0.717, 1.165) is 23.4 Å². The number of aromatic carboxylic acids is 1. The highest BCUT2D eigenvalue weighted by molar-refractivity contribution is 5.96. The van der Waals surface area contributed by atoms with E-state index in [1.165, 1.54) is 44.0 Å². The lowest BCUT2D eigenvalue weighted by Crippen LogP contribution is -2.39. The molecule has 0 saturated heterocycles. The number of carboxylic acid groups (broad SMARTS) is 1. The zero-order valence-electron chi connectivity index (χ0n) is 18.7. The smallest absolute Gasteiger partial charge is 0.336 e. The zero-order chi connectivity index (χ0) is 22.2. The maximum absolute atomic E-state index is 11.7. The molecule has 0 bridgehead atoms. The minimum absolute atomic E-state index is 0.312. The van der Waals surface area contributed by atoms with Crippen molar-refractivity contribution in [2.24, 2.45) is 5.92 Å². The van der Waals surface area contributed by atoms with Crippen molar-refractivity contribution in [1.29, 1.82) is 5.41 Å². The molecule has 0 aliphatic heterocycles. The summed E-state index contributed by atoms with van der Waals surface area (Å²) in [5.74, 6) is -0.370. The second-order valence-electron chi connectivity index (χ2n) is 8.84. The van der Waals surface area contributed by atoms with Crippen LogP contribution in [0.2, 0.25) is 0 Å². The van der Waals surface area contributed by atoms with Gasteiger partial charge in [-0.15, -0.1) is 0 Å². The van der Waals surface area contributed by atoms with Crippen molar-refractivity contribution in [1.82, 2.24) is 0 Å². The Morgan fingerprint density at radius 3 is 2.61 bits per heavy atom. The van der Waals surface area contributed by atoms with Crippen LogP contribution in [0, 0.1) is 11.3 Å². The fraction of sp³-hybridized carbons (Fsp3) is 0.462. The first-order valence-corrected chi connectivity index (χ1v) is 11.5. The van der Waals surface area contributed by atoms with Crippen LogP contribution in [0.25, 0.3) is 11.1 Å². The van der Waals surface area contributed by atoms with Crippen LogP contribution < -0.4 is 10.2 Å². The molecule has 3 N–H and O–H groups in total. The third-order valence-electron chi connectivity index (χ3n) is 5.96. The first kappa shape index (κ1) is 22.9. The Bertz CT molecular complexity index is 888. The van der Waals surface area contributed by atoms with Gasteiger partial charge in [0, 0.05) is 19.1 Å². The Labute approximate surface area is 186 Å². The summed E-state index contributed by atoms with van der Waals surface area (Å²) in [4.78, 5) is 14.3. The number of benzene rings is 2. The Hall–Kier alpha value is -2.82. The van der Waals surface area contributed by atoms with Crippen LogP contribution >= 0.6 is 0 Å². The first-order chi connectivity index (χ1) is 15.0. The van der Waals surface area contributed by atoms with Gasteiger partial charge in [0.25, 0.3) is 0 Å². The second-order valence-corrected chi connectivity index (χ2v) is 8.84. The van der Waals surface area contributed by atoms with Gasteiger partial charge in [-0.05, 0) is 60.7 Å². The SMILES string of the molecule is CC(C)CN(c1ccc(-c2ccccc2C(=O)O)cc1NCCC=N)C1CCCCC1. The predicted octanol–water partition coefficient (Wildman–Crippen LogP) is 6.30. The molecule has 5 heteroatoms. The number of anilines is 2. The highest BCUT2D eigenvalue weighted by Crippen LogP contribution is 2.37. The minimum atomic E-state index is -0.915. The number of nitrogens with zero attached hydrogens (tertiary/aromatic N) is 1. The molecule has 1 aliphatic carbocycles. The van der Waals surface area contributed by atoms with Gasteiger partial charge in [0.2, 0.25) is 0 Å². The monoisotopic (exact) mass is 421 g/mol. The molecule has 0 atom stereocenters. The molecule has 2 aromatic carbocycles. The summed E-state index contributed by atoms with van der Waals surface area (Å²) in [6.45, 7) is 6.20. The molecule has 1 saturated carbocycles. The van der Waals surface area contributed by atoms with Crippen LogP contribution in [0.5, 0.6) is 0 Å². The van der Waals surface area contributed by atoms with E-state index in [2.05, 4.69) is 42.3 Å². The van der Waals surface area contributed by atoms with Crippen molar-refractivity contribution in [2.75, 3.05) is 23.3 Å². The van der Waals surface area contributed by atoms with Gasteiger partial charge in [-0.3, -0.25) is 0 Å². The lowest BCUT2D eigenvalue weighted by molar-refractivity contribution is 0.0697. The van der Waals surface area contributed by atoms with Gasteiger partial charge >= 0.3 is 5.97 Å². The van der Waals surface area contributed by atoms with Gasteiger partial charge in [-0.2, -0.15) is 0 Å². The molecule has 0 amide bonds. The fourth-order valence-electron chi connectivity index (χ4n) is 4.53. The van der Waals surface area contributed by atoms with Crippen LogP contribution in [-0.2, 0) is 0 Å². The van der Waals surface area contributed by atoms with Crippen molar-refractivity contribution in [3.8, 4) is 11.1 Å². The van der Waals surface area contributed by atoms with Crippen molar-refractivity contribution in [3.63, 3.8) is 0 Å². The largest absolute Gasteiger partial charge is 0.478 e. The molecule has 1 aliphatic rings. The lowest BCUT2D eigenvalue weighted by Gasteiger charge is -2.38. The van der Waals surface area contributed by atoms with Gasteiger partial charge in [-0.1, -0.05) is 57.4 Å². The van der Waals surface area contributed by atoms with E-state index in [4.69, 9.17) is 5.41 Å². The van der Waals surface area contributed by atoms with Crippen molar-refractivity contribution >= 4 is 23.6 Å². The standard InChI is InChI=1S/C26H35N3O2/c1-19(2)18-29(21-9-4-3-5-10-21)25-14-13-20(17-24(25)28-16-8-15-27)22-11-6-7-12-23(22)26(30)31/h6-7,11-15,17,19,21,27-28H,3-5,8-10,16,18H2,1-2H3,(H,30,31). The van der Waals surface area contributed by atoms with E-state index >= 15 is 0 Å². The van der Waals surface area contributed by atoms with E-state index in [-0.39, 0.29) is 0 Å². The normalized spacial score (nSPS) is 14.4. The van der Waals surface area contributed by atoms with Crippen LogP contribution in [0.15, 0.2) is 42.5 Å². The first-order valence-electron chi connectivity index (χ1n) is 11.5. The summed E-state index contributed by atoms with van der Waals surface area (Å²) in [7, 11) is 0. The molecular weight excluding hydrogens is 386 g/mol. The molecule has 0 aromatic heterocycles. The molecule has 3 rings (SSSR count). The predicted molar refractivity (Wildman–Crippen MR) is 130 cm³/mol. The maximum Gasteiger partial charge on any atom is 0.336 e. The molecule has 166 valence electrons. The molecular formula is C26H35N3O2. The van der Waals surface area contributed by atoms with Crippen molar-refractivity contribution < 1.29 is 9.90 Å². The number of hydrogen-bond donors (Lipinski definition) is 3. The summed E-state index contributed by atoms with van der Waals surface area (Å²) in [6, 6.07) is 14.0. The highest BCUT2D eigenvalue weighted by atomic mass is 16.4. The molecule has 0 heterocycles. The molecule has 31 heavy (non-hydrogen) atoms. The van der Waals surface area contributed by atoms with Gasteiger partial charge in [-0.25, -0.2) is 4.79 Å². The summed E-state index contributed by atoms with van der Waals surface area (Å²) in [5.41, 5.74) is 4.14. The summed E-state index contributed by atoms with van der Waals surface area (Å²) in [5, 5.41) is 20.5. The van der Waals surface area contributed by atoms with Gasteiger partial charge < -0.3 is 20.7 Å². The second kappa shape index (κ2) is 11.0. The Morgan fingerprint density at radius 1 is 1.19 bits per heavy atom. The van der Waals surface area contributed by atoms with Crippen LogP contribution in [0.1, 0.15) is 62.7 Å². The molecule has 0 radical (unpaired) electrons. The Morgan fingerprint density at radius 2 is 1.94 bits per heavy atom. The van der Waals surface area contributed by atoms with Crippen LogP contribution in [0.3, 0.4) is 0 Å². The summed E-state index contributed by atoms with van der Waals surface area (Å²) in [6.07, 6.45) is 8.39. The highest BCUT2D eigenvalue weighted by Gasteiger charge is 2.24. The summed E-state index contributed by atoms with van der Waals surface area (Å²) < 4.78 is 0. The van der Waals surface area contributed by atoms with Crippen LogP contribution in [-0.4, -0.2) is 36.4 Å². The molecule has 5 nitrogen and oxygen atoms in total. The third-order valence-corrected chi connectivity index (χ3v) is 5.96. The summed E-state index contributed by atoms with van der Waals surface area (Å²) >= 11 is 0. The number of hydrogen-bond acceptors (Lipinski definition) is 4. The average molecular weight is 422 g/mol. The zero-order valence-corrected chi connectivity index (χ0v) is 18.7. The van der Waals surface area contributed by atoms with E-state index in [1.54, 1.807) is 12.1 Å². The Kier molecular flexibility index (Phi) is 8.10. The number of rotatable bonds is 10. The quantitative estimate of drug-likeness (QED) is 0.311. The topological polar surface area (TPSA) is 76.4 Å². The lowest BCUT2D eigenvalue weighted by atomic mass is 9.92. The maximum atomic E-state index is 11.7. The van der Waals surface area contributed by atoms with Gasteiger partial charge in [0.1, 0.15) is 0 Å². The van der Waals surface area contributed by atoms with Gasteiger partial charge in [0.15, 0.2) is 0 Å². The number of carboxylic acids is 1. The average Bonchev–Trinajstić information content (AvgIpc) is 2.78. The molecule has 2 aromatic rings. The number of carbonyl (C=O) groups is 1. The fourth-order valence-corrected chi connectivity index (χ4v) is 4.53. The van der Waals surface area contributed by atoms with Crippen LogP contribution in [0.4, 0.5) is 11.4 Å². The van der Waals surface area contributed by atoms with Gasteiger partial charge in [0.05, 0.1) is 16.9 Å². The Balaban J connectivity index is 2.04. The van der Waals surface area contributed by atoms with E-state index in [1.807, 2.05) is 12.1 Å².